The lowest BCUT2D eigenvalue weighted by molar-refractivity contribution is 0.0526. The molecule has 4 N–H and O–H groups in total. The summed E-state index contributed by atoms with van der Waals surface area (Å²) in [6, 6.07) is 8.96. The third kappa shape index (κ3) is 4.25. The van der Waals surface area contributed by atoms with E-state index in [0.717, 1.165) is 0 Å². The number of carbonyl (C=O) groups is 1. The van der Waals surface area contributed by atoms with Crippen molar-refractivity contribution in [1.82, 2.24) is 0 Å². The molecule has 0 aromatic heterocycles. The average molecular weight is 186 g/mol. The van der Waals surface area contributed by atoms with Gasteiger partial charge in [0.15, 0.2) is 0 Å². The van der Waals surface area contributed by atoms with Crippen molar-refractivity contribution in [3.63, 3.8) is 0 Å². The van der Waals surface area contributed by atoms with E-state index in [1.165, 1.54) is 0 Å². The van der Waals surface area contributed by atoms with Crippen molar-refractivity contribution >= 4 is 5.97 Å². The van der Waals surface area contributed by atoms with Crippen molar-refractivity contribution in [2.45, 2.75) is 6.92 Å². The van der Waals surface area contributed by atoms with Gasteiger partial charge in [0.1, 0.15) is 0 Å². The van der Waals surface area contributed by atoms with Gasteiger partial charge in [0.05, 0.1) is 12.2 Å². The summed E-state index contributed by atoms with van der Waals surface area (Å²) in [5.74, 6) is -0.256. The van der Waals surface area contributed by atoms with Gasteiger partial charge in [-0.05, 0) is 19.1 Å². The lowest BCUT2D eigenvalue weighted by Gasteiger charge is -1.99. The molecule has 0 atom stereocenters. The van der Waals surface area contributed by atoms with E-state index >= 15 is 0 Å². The molecule has 0 unspecified atom stereocenters. The quantitative estimate of drug-likeness (QED) is 0.618. The van der Waals surface area contributed by atoms with Gasteiger partial charge in [0, 0.05) is 0 Å². The molecule has 0 aliphatic rings. The van der Waals surface area contributed by atoms with Gasteiger partial charge in [0.25, 0.3) is 0 Å². The molecule has 4 heteroatoms. The highest BCUT2D eigenvalue weighted by atomic mass is 16.5. The zero-order valence-corrected chi connectivity index (χ0v) is 7.41. The number of carbonyl (C=O) groups excluding carboxylic acids is 1. The molecule has 1 aromatic rings. The summed E-state index contributed by atoms with van der Waals surface area (Å²) in [5.41, 5.74) is 0.606. The zero-order chi connectivity index (χ0) is 8.10. The number of ether oxygens (including phenoxy) is 1. The number of hydrogen-bond donors (Lipinski definition) is 0. The number of hydrogen-bond acceptors (Lipinski definition) is 2. The van der Waals surface area contributed by atoms with Crippen LogP contribution in [-0.2, 0) is 4.74 Å². The van der Waals surface area contributed by atoms with Crippen LogP contribution in [0.25, 0.3) is 0 Å². The van der Waals surface area contributed by atoms with Gasteiger partial charge in [0.2, 0.25) is 0 Å². The van der Waals surface area contributed by atoms with Gasteiger partial charge >= 0.3 is 5.97 Å². The van der Waals surface area contributed by atoms with Crippen molar-refractivity contribution in [3.8, 4) is 0 Å². The second kappa shape index (κ2) is 7.27. The minimum absolute atomic E-state index is 0. The molecular weight excluding hydrogens is 172 g/mol. The number of esters is 1. The highest BCUT2D eigenvalue weighted by Gasteiger charge is 2.02. The first-order valence-corrected chi connectivity index (χ1v) is 3.56. The third-order valence-corrected chi connectivity index (χ3v) is 1.28. The summed E-state index contributed by atoms with van der Waals surface area (Å²) in [6.45, 7) is 2.22. The Bertz CT molecular complexity index is 233. The van der Waals surface area contributed by atoms with Gasteiger partial charge in [-0.2, -0.15) is 0 Å². The molecule has 13 heavy (non-hydrogen) atoms. The normalized spacial score (nSPS) is 7.77. The SMILES string of the molecule is CCOC(=O)c1ccccc1.O.O. The molecule has 0 saturated carbocycles. The van der Waals surface area contributed by atoms with Gasteiger partial charge in [-0.3, -0.25) is 0 Å². The second-order valence-corrected chi connectivity index (χ2v) is 2.09. The van der Waals surface area contributed by atoms with E-state index in [1.807, 2.05) is 18.2 Å². The summed E-state index contributed by atoms with van der Waals surface area (Å²) in [7, 11) is 0. The molecule has 0 aliphatic heterocycles. The van der Waals surface area contributed by atoms with Crippen molar-refractivity contribution in [1.29, 1.82) is 0 Å². The van der Waals surface area contributed by atoms with Gasteiger partial charge in [-0.25, -0.2) is 4.79 Å². The standard InChI is InChI=1S/C9H10O2.2H2O/c1-2-11-9(10)8-6-4-3-5-7-8;;/h3-7H,2H2,1H3;2*1H2. The van der Waals surface area contributed by atoms with Gasteiger partial charge in [-0.15, -0.1) is 0 Å². The smallest absolute Gasteiger partial charge is 0.338 e. The molecule has 0 radical (unpaired) electrons. The largest absolute Gasteiger partial charge is 0.462 e. The maximum Gasteiger partial charge on any atom is 0.338 e. The first kappa shape index (κ1) is 14.2. The Hall–Kier alpha value is -1.39. The monoisotopic (exact) mass is 186 g/mol. The van der Waals surface area contributed by atoms with Crippen LogP contribution in [0.3, 0.4) is 0 Å². The van der Waals surface area contributed by atoms with Crippen LogP contribution < -0.4 is 0 Å². The summed E-state index contributed by atoms with van der Waals surface area (Å²) in [4.78, 5) is 11.0. The van der Waals surface area contributed by atoms with E-state index in [9.17, 15) is 4.79 Å². The summed E-state index contributed by atoms with van der Waals surface area (Å²) < 4.78 is 4.79. The minimum atomic E-state index is -0.256. The molecule has 4 nitrogen and oxygen atoms in total. The minimum Gasteiger partial charge on any atom is -0.462 e. The van der Waals surface area contributed by atoms with Gasteiger partial charge in [-0.1, -0.05) is 18.2 Å². The Balaban J connectivity index is 0. The average Bonchev–Trinajstić information content (AvgIpc) is 2.07. The Labute approximate surface area is 76.8 Å². The third-order valence-electron chi connectivity index (χ3n) is 1.28. The van der Waals surface area contributed by atoms with E-state index < -0.39 is 0 Å². The molecule has 0 saturated heterocycles. The van der Waals surface area contributed by atoms with E-state index in [4.69, 9.17) is 4.74 Å². The van der Waals surface area contributed by atoms with Crippen LogP contribution in [0.5, 0.6) is 0 Å². The fourth-order valence-electron chi connectivity index (χ4n) is 0.789. The number of benzene rings is 1. The molecule has 0 bridgehead atoms. The van der Waals surface area contributed by atoms with Crippen LogP contribution >= 0.6 is 0 Å². The Morgan fingerprint density at radius 2 is 1.77 bits per heavy atom. The summed E-state index contributed by atoms with van der Waals surface area (Å²) >= 11 is 0. The second-order valence-electron chi connectivity index (χ2n) is 2.09. The molecule has 1 rings (SSSR count). The van der Waals surface area contributed by atoms with Gasteiger partial charge < -0.3 is 15.7 Å². The van der Waals surface area contributed by atoms with Crippen LogP contribution in [0.4, 0.5) is 0 Å². The summed E-state index contributed by atoms with van der Waals surface area (Å²) in [5, 5.41) is 0. The fourth-order valence-corrected chi connectivity index (χ4v) is 0.789. The van der Waals surface area contributed by atoms with Crippen molar-refractivity contribution < 1.29 is 20.5 Å². The first-order chi connectivity index (χ1) is 5.34. The number of rotatable bonds is 2. The molecule has 74 valence electrons. The Kier molecular flexibility index (Phi) is 7.91. The highest BCUT2D eigenvalue weighted by molar-refractivity contribution is 5.89. The molecule has 0 spiro atoms. The topological polar surface area (TPSA) is 89.3 Å². The van der Waals surface area contributed by atoms with E-state index in [2.05, 4.69) is 0 Å². The van der Waals surface area contributed by atoms with E-state index in [1.54, 1.807) is 19.1 Å². The molecule has 0 heterocycles. The molecule has 0 fully saturated rings. The predicted octanol–water partition coefficient (Wildman–Crippen LogP) is 0.214. The lowest BCUT2D eigenvalue weighted by atomic mass is 10.2. The van der Waals surface area contributed by atoms with Crippen LogP contribution in [-0.4, -0.2) is 23.5 Å². The Morgan fingerprint density at radius 1 is 1.23 bits per heavy atom. The Morgan fingerprint density at radius 3 is 2.23 bits per heavy atom. The van der Waals surface area contributed by atoms with Crippen molar-refractivity contribution in [2.24, 2.45) is 0 Å². The van der Waals surface area contributed by atoms with E-state index in [-0.39, 0.29) is 16.9 Å². The molecular formula is C9H14O4. The molecule has 0 amide bonds. The maximum absolute atomic E-state index is 11.0. The van der Waals surface area contributed by atoms with Crippen LogP contribution in [0.15, 0.2) is 30.3 Å². The van der Waals surface area contributed by atoms with E-state index in [0.29, 0.717) is 12.2 Å². The zero-order valence-electron chi connectivity index (χ0n) is 7.41. The van der Waals surface area contributed by atoms with Crippen LogP contribution in [0.1, 0.15) is 17.3 Å². The van der Waals surface area contributed by atoms with Crippen LogP contribution in [0, 0.1) is 0 Å². The fraction of sp³-hybridized carbons (Fsp3) is 0.222. The summed E-state index contributed by atoms with van der Waals surface area (Å²) in [6.07, 6.45) is 0. The maximum atomic E-state index is 11.0. The molecule has 1 aromatic carbocycles. The van der Waals surface area contributed by atoms with Crippen LogP contribution in [0.2, 0.25) is 0 Å². The lowest BCUT2D eigenvalue weighted by Crippen LogP contribution is -2.03. The highest BCUT2D eigenvalue weighted by Crippen LogP contribution is 1.99. The predicted molar refractivity (Wildman–Crippen MR) is 49.6 cm³/mol. The molecule has 0 aliphatic carbocycles. The first-order valence-electron chi connectivity index (χ1n) is 3.56. The van der Waals surface area contributed by atoms with Crippen molar-refractivity contribution in [2.75, 3.05) is 6.61 Å². The van der Waals surface area contributed by atoms with Crippen molar-refractivity contribution in [3.05, 3.63) is 35.9 Å².